The highest BCUT2D eigenvalue weighted by molar-refractivity contribution is 7.81. The number of hydrogen-bond acceptors (Lipinski definition) is 3. The van der Waals surface area contributed by atoms with Gasteiger partial charge >= 0.3 is 5.51 Å². The summed E-state index contributed by atoms with van der Waals surface area (Å²) in [7, 11) is 0. The lowest BCUT2D eigenvalue weighted by atomic mass is 10.4. The maximum absolute atomic E-state index is 11.1. The molecule has 1 aromatic heterocycles. The summed E-state index contributed by atoms with van der Waals surface area (Å²) in [4.78, 5) is 11.1. The van der Waals surface area contributed by atoms with Gasteiger partial charge in [0.2, 0.25) is 0 Å². The van der Waals surface area contributed by atoms with Gasteiger partial charge in [-0.3, -0.25) is 4.79 Å². The van der Waals surface area contributed by atoms with Gasteiger partial charge in [-0.05, 0) is 18.9 Å². The zero-order valence-corrected chi connectivity index (χ0v) is 9.00. The van der Waals surface area contributed by atoms with E-state index in [1.807, 2.05) is 0 Å². The van der Waals surface area contributed by atoms with E-state index in [1.54, 1.807) is 16.8 Å². The fraction of sp³-hybridized carbons (Fsp3) is 0.444. The number of aromatic nitrogens is 1. The molecule has 0 radical (unpaired) electrons. The lowest BCUT2D eigenvalue weighted by molar-refractivity contribution is -0.0303. The average molecular weight is 253 g/mol. The van der Waals surface area contributed by atoms with Crippen molar-refractivity contribution in [2.24, 2.45) is 0 Å². The molecule has 1 aromatic rings. The van der Waals surface area contributed by atoms with E-state index in [-0.39, 0.29) is 11.3 Å². The number of thiol groups is 1. The molecule has 1 N–H and O–H groups in total. The van der Waals surface area contributed by atoms with Crippen molar-refractivity contribution in [1.82, 2.24) is 4.57 Å². The van der Waals surface area contributed by atoms with Crippen LogP contribution in [0, 0.1) is 0 Å². The Kier molecular flexibility index (Phi) is 3.90. The molecule has 0 atom stereocenters. The summed E-state index contributed by atoms with van der Waals surface area (Å²) >= 11 is 2.12. The summed E-state index contributed by atoms with van der Waals surface area (Å²) < 4.78 is 32.3. The van der Waals surface area contributed by atoms with E-state index in [0.29, 0.717) is 6.04 Å². The van der Waals surface area contributed by atoms with Crippen LogP contribution < -0.4 is 5.56 Å². The van der Waals surface area contributed by atoms with Crippen molar-refractivity contribution in [2.45, 2.75) is 24.4 Å². The Bertz CT molecular complexity index is 406. The van der Waals surface area contributed by atoms with Crippen LogP contribution in [-0.4, -0.2) is 15.2 Å². The van der Waals surface area contributed by atoms with Gasteiger partial charge in [0, 0.05) is 18.3 Å². The second kappa shape index (κ2) is 4.82. The van der Waals surface area contributed by atoms with Crippen molar-refractivity contribution < 1.29 is 18.3 Å². The first-order chi connectivity index (χ1) is 7.27. The first-order valence-corrected chi connectivity index (χ1v) is 4.92. The zero-order chi connectivity index (χ0) is 12.3. The molecule has 0 bridgehead atoms. The molecule has 1 heterocycles. The average Bonchev–Trinajstić information content (AvgIpc) is 2.83. The molecule has 1 saturated carbocycles. The number of hydrogen-bond donors (Lipinski definition) is 2. The zero-order valence-electron chi connectivity index (χ0n) is 8.11. The molecule has 7 heteroatoms. The molecule has 0 aromatic carbocycles. The van der Waals surface area contributed by atoms with Gasteiger partial charge in [-0.2, -0.15) is 13.2 Å². The normalized spacial score (nSPS) is 15.2. The van der Waals surface area contributed by atoms with E-state index >= 15 is 0 Å². The van der Waals surface area contributed by atoms with Crippen molar-refractivity contribution in [3.63, 3.8) is 0 Å². The third kappa shape index (κ3) is 5.11. The second-order valence-electron chi connectivity index (χ2n) is 3.33. The molecule has 16 heavy (non-hydrogen) atoms. The SMILES string of the molecule is FC(F)(F)S.O=c1cc(O)ccn1C1CC1. The summed E-state index contributed by atoms with van der Waals surface area (Å²) in [6.45, 7) is 0. The smallest absolute Gasteiger partial charge is 0.438 e. The van der Waals surface area contributed by atoms with Gasteiger partial charge in [0.25, 0.3) is 5.56 Å². The number of halogens is 3. The largest absolute Gasteiger partial charge is 0.508 e. The van der Waals surface area contributed by atoms with Crippen LogP contribution in [0.3, 0.4) is 0 Å². The van der Waals surface area contributed by atoms with Crippen LogP contribution >= 0.6 is 12.6 Å². The molecule has 0 aliphatic heterocycles. The van der Waals surface area contributed by atoms with E-state index in [1.165, 1.54) is 6.07 Å². The minimum absolute atomic E-state index is 0.0481. The fourth-order valence-electron chi connectivity index (χ4n) is 1.13. The molecule has 0 spiro atoms. The standard InChI is InChI=1S/C8H9NO2.CHF3S/c10-7-3-4-9(6-1-2-6)8(11)5-7;2-1(3,4)5/h3-6,10H,1-2H2;5H. The molecule has 90 valence electrons. The van der Waals surface area contributed by atoms with E-state index in [0.717, 1.165) is 12.8 Å². The van der Waals surface area contributed by atoms with Crippen molar-refractivity contribution >= 4 is 12.6 Å². The predicted octanol–water partition coefficient (Wildman–Crippen LogP) is 2.32. The monoisotopic (exact) mass is 253 g/mol. The van der Waals surface area contributed by atoms with Gasteiger partial charge in [-0.1, -0.05) is 12.6 Å². The topological polar surface area (TPSA) is 42.2 Å². The Morgan fingerprint density at radius 1 is 1.44 bits per heavy atom. The molecule has 2 rings (SSSR count). The van der Waals surface area contributed by atoms with Gasteiger partial charge in [0.1, 0.15) is 5.75 Å². The van der Waals surface area contributed by atoms with Gasteiger partial charge in [0.15, 0.2) is 0 Å². The number of alkyl halides is 3. The molecule has 0 amide bonds. The van der Waals surface area contributed by atoms with Crippen molar-refractivity contribution in [1.29, 1.82) is 0 Å². The molecule has 1 aliphatic rings. The first-order valence-electron chi connectivity index (χ1n) is 4.47. The van der Waals surface area contributed by atoms with Gasteiger partial charge in [-0.25, -0.2) is 0 Å². The van der Waals surface area contributed by atoms with Crippen LogP contribution in [-0.2, 0) is 0 Å². The summed E-state index contributed by atoms with van der Waals surface area (Å²) in [6.07, 6.45) is 3.82. The van der Waals surface area contributed by atoms with Crippen molar-refractivity contribution in [2.75, 3.05) is 0 Å². The van der Waals surface area contributed by atoms with Gasteiger partial charge in [0.05, 0.1) is 0 Å². The van der Waals surface area contributed by atoms with Crippen LogP contribution in [0.15, 0.2) is 23.1 Å². The van der Waals surface area contributed by atoms with Gasteiger partial charge < -0.3 is 9.67 Å². The maximum atomic E-state index is 11.1. The highest BCUT2D eigenvalue weighted by Gasteiger charge is 2.23. The Balaban J connectivity index is 0.000000221. The third-order valence-corrected chi connectivity index (χ3v) is 1.87. The van der Waals surface area contributed by atoms with E-state index in [4.69, 9.17) is 5.11 Å². The number of nitrogens with zero attached hydrogens (tertiary/aromatic N) is 1. The van der Waals surface area contributed by atoms with Crippen LogP contribution in [0.4, 0.5) is 13.2 Å². The summed E-state index contributed by atoms with van der Waals surface area (Å²) in [5.41, 5.74) is -4.41. The van der Waals surface area contributed by atoms with Crippen LogP contribution in [0.5, 0.6) is 5.75 Å². The number of aromatic hydroxyl groups is 1. The second-order valence-corrected chi connectivity index (χ2v) is 3.84. The highest BCUT2D eigenvalue weighted by Crippen LogP contribution is 2.33. The summed E-state index contributed by atoms with van der Waals surface area (Å²) in [6, 6.07) is 3.18. The van der Waals surface area contributed by atoms with Crippen LogP contribution in [0.25, 0.3) is 0 Å². The lowest BCUT2D eigenvalue weighted by Gasteiger charge is -2.00. The maximum Gasteiger partial charge on any atom is 0.438 e. The number of pyridine rings is 1. The molecular weight excluding hydrogens is 243 g/mol. The predicted molar refractivity (Wildman–Crippen MR) is 55.7 cm³/mol. The first kappa shape index (κ1) is 13.0. The van der Waals surface area contributed by atoms with Crippen molar-refractivity contribution in [3.05, 3.63) is 28.7 Å². The minimum Gasteiger partial charge on any atom is -0.508 e. The lowest BCUT2D eigenvalue weighted by Crippen LogP contribution is -2.16. The van der Waals surface area contributed by atoms with Gasteiger partial charge in [-0.15, -0.1) is 0 Å². The van der Waals surface area contributed by atoms with E-state index in [9.17, 15) is 18.0 Å². The molecule has 1 aliphatic carbocycles. The molecule has 1 fully saturated rings. The third-order valence-electron chi connectivity index (χ3n) is 1.87. The minimum atomic E-state index is -4.31. The Labute approximate surface area is 94.9 Å². The molecule has 3 nitrogen and oxygen atoms in total. The van der Waals surface area contributed by atoms with E-state index in [2.05, 4.69) is 12.6 Å². The Morgan fingerprint density at radius 3 is 2.31 bits per heavy atom. The Hall–Kier alpha value is -1.11. The Morgan fingerprint density at radius 2 is 1.94 bits per heavy atom. The molecule has 0 saturated heterocycles. The fourth-order valence-corrected chi connectivity index (χ4v) is 1.13. The highest BCUT2D eigenvalue weighted by atomic mass is 32.1. The molecule has 0 unspecified atom stereocenters. The molecular formula is C9H10F3NO2S. The summed E-state index contributed by atoms with van der Waals surface area (Å²) in [5.74, 6) is 0.0481. The van der Waals surface area contributed by atoms with Crippen LogP contribution in [0.1, 0.15) is 18.9 Å². The summed E-state index contributed by atoms with van der Waals surface area (Å²) in [5, 5.41) is 8.93. The number of rotatable bonds is 1. The quantitative estimate of drug-likeness (QED) is 0.754. The van der Waals surface area contributed by atoms with Crippen molar-refractivity contribution in [3.8, 4) is 5.75 Å². The van der Waals surface area contributed by atoms with E-state index < -0.39 is 5.51 Å². The van der Waals surface area contributed by atoms with Crippen LogP contribution in [0.2, 0.25) is 0 Å².